The predicted octanol–water partition coefficient (Wildman–Crippen LogP) is 10.2. The van der Waals surface area contributed by atoms with E-state index in [9.17, 15) is 0 Å². The van der Waals surface area contributed by atoms with Gasteiger partial charge in [-0.15, -0.1) is 0 Å². The lowest BCUT2D eigenvalue weighted by Crippen LogP contribution is -2.22. The van der Waals surface area contributed by atoms with Gasteiger partial charge in [0.05, 0.1) is 17.4 Å². The number of pyridine rings is 1. The normalized spacial score (nSPS) is 15.9. The molecule has 0 fully saturated rings. The molecular weight excluding hydrogens is 498 g/mol. The SMILES string of the molecule is CC1CCc2cccc(-c3cccc(C(Nc4c(C(C)C)cccc4C(C)C)c4ccc(C(C)(C)C)cc4)n3)c2N1. The van der Waals surface area contributed by atoms with E-state index in [1.165, 1.54) is 44.8 Å². The number of nitrogens with zero attached hydrogens (tertiary/aromatic N) is 1. The van der Waals surface area contributed by atoms with Crippen LogP contribution in [0.2, 0.25) is 0 Å². The molecule has 2 unspecified atom stereocenters. The number of rotatable bonds is 7. The second-order valence-corrected chi connectivity index (χ2v) is 13.4. The molecule has 0 aliphatic carbocycles. The standard InChI is InChI=1S/C38H47N3/c1-24(2)30-13-10-14-31(25(3)4)37(30)41-36(28-20-22-29(23-21-28)38(6,7)8)34-17-11-16-33(40-34)32-15-9-12-27-19-18-26(5)39-35(27)32/h9-17,20-26,36,39,41H,18-19H2,1-8H3. The lowest BCUT2D eigenvalue weighted by molar-refractivity contribution is 0.590. The summed E-state index contributed by atoms with van der Waals surface area (Å²) in [4.78, 5) is 5.37. The van der Waals surface area contributed by atoms with Crippen molar-refractivity contribution in [2.24, 2.45) is 0 Å². The van der Waals surface area contributed by atoms with Crippen molar-refractivity contribution >= 4 is 11.4 Å². The average Bonchev–Trinajstić information content (AvgIpc) is 2.95. The zero-order valence-electron chi connectivity index (χ0n) is 26.2. The summed E-state index contributed by atoms with van der Waals surface area (Å²) < 4.78 is 0. The van der Waals surface area contributed by atoms with Crippen LogP contribution in [0.4, 0.5) is 11.4 Å². The summed E-state index contributed by atoms with van der Waals surface area (Å²) >= 11 is 0. The molecule has 5 rings (SSSR count). The Balaban J connectivity index is 1.64. The van der Waals surface area contributed by atoms with Crippen LogP contribution in [0.3, 0.4) is 0 Å². The first-order valence-corrected chi connectivity index (χ1v) is 15.4. The summed E-state index contributed by atoms with van der Waals surface area (Å²) in [5.74, 6) is 0.812. The van der Waals surface area contributed by atoms with Crippen molar-refractivity contribution < 1.29 is 0 Å². The monoisotopic (exact) mass is 545 g/mol. The van der Waals surface area contributed by atoms with Gasteiger partial charge in [-0.25, -0.2) is 0 Å². The van der Waals surface area contributed by atoms with Crippen LogP contribution < -0.4 is 10.6 Å². The second-order valence-electron chi connectivity index (χ2n) is 13.4. The molecule has 0 saturated carbocycles. The van der Waals surface area contributed by atoms with E-state index in [0.29, 0.717) is 17.9 Å². The third-order valence-corrected chi connectivity index (χ3v) is 8.50. The van der Waals surface area contributed by atoms with E-state index in [1.807, 2.05) is 0 Å². The minimum absolute atomic E-state index is 0.0900. The Bertz CT molecular complexity index is 1460. The van der Waals surface area contributed by atoms with Gasteiger partial charge in [-0.05, 0) is 77.0 Å². The number of anilines is 2. The Morgan fingerprint density at radius 2 is 1.44 bits per heavy atom. The molecule has 0 saturated heterocycles. The number of aryl methyl sites for hydroxylation is 1. The predicted molar refractivity (Wildman–Crippen MR) is 176 cm³/mol. The maximum absolute atomic E-state index is 5.37. The van der Waals surface area contributed by atoms with Crippen LogP contribution in [0.1, 0.15) is 113 Å². The largest absolute Gasteiger partial charge is 0.382 e. The highest BCUT2D eigenvalue weighted by Crippen LogP contribution is 2.39. The van der Waals surface area contributed by atoms with E-state index in [-0.39, 0.29) is 11.5 Å². The first kappa shape index (κ1) is 28.9. The third-order valence-electron chi connectivity index (χ3n) is 8.50. The molecule has 1 aromatic heterocycles. The first-order valence-electron chi connectivity index (χ1n) is 15.4. The van der Waals surface area contributed by atoms with Gasteiger partial charge in [0.15, 0.2) is 0 Å². The number of benzene rings is 3. The van der Waals surface area contributed by atoms with Crippen molar-refractivity contribution in [1.29, 1.82) is 0 Å². The van der Waals surface area contributed by atoms with Gasteiger partial charge in [0.1, 0.15) is 0 Å². The van der Waals surface area contributed by atoms with Crippen molar-refractivity contribution in [2.75, 3.05) is 10.6 Å². The fraction of sp³-hybridized carbons (Fsp3) is 0.395. The molecule has 1 aliphatic heterocycles. The third kappa shape index (κ3) is 6.20. The minimum Gasteiger partial charge on any atom is -0.382 e. The zero-order chi connectivity index (χ0) is 29.3. The highest BCUT2D eigenvalue weighted by Gasteiger charge is 2.24. The van der Waals surface area contributed by atoms with E-state index in [1.54, 1.807) is 0 Å². The first-order chi connectivity index (χ1) is 19.5. The van der Waals surface area contributed by atoms with Crippen LogP contribution in [0, 0.1) is 0 Å². The van der Waals surface area contributed by atoms with E-state index in [0.717, 1.165) is 24.2 Å². The van der Waals surface area contributed by atoms with E-state index in [4.69, 9.17) is 4.98 Å². The maximum atomic E-state index is 5.37. The van der Waals surface area contributed by atoms with Crippen LogP contribution in [-0.2, 0) is 11.8 Å². The van der Waals surface area contributed by atoms with Crippen molar-refractivity contribution in [3.05, 3.63) is 112 Å². The van der Waals surface area contributed by atoms with Gasteiger partial charge < -0.3 is 10.6 Å². The number of aromatic nitrogens is 1. The van der Waals surface area contributed by atoms with Crippen LogP contribution in [0.25, 0.3) is 11.3 Å². The van der Waals surface area contributed by atoms with E-state index in [2.05, 4.69) is 145 Å². The smallest absolute Gasteiger partial charge is 0.0940 e. The molecule has 3 aromatic carbocycles. The number of hydrogen-bond donors (Lipinski definition) is 2. The zero-order valence-corrected chi connectivity index (χ0v) is 26.2. The fourth-order valence-electron chi connectivity index (χ4n) is 6.01. The van der Waals surface area contributed by atoms with E-state index < -0.39 is 0 Å². The van der Waals surface area contributed by atoms with Crippen molar-refractivity contribution in [3.63, 3.8) is 0 Å². The number of para-hydroxylation sites is 2. The molecule has 0 amide bonds. The van der Waals surface area contributed by atoms with Crippen molar-refractivity contribution in [3.8, 4) is 11.3 Å². The summed E-state index contributed by atoms with van der Waals surface area (Å²) in [7, 11) is 0. The number of hydrogen-bond acceptors (Lipinski definition) is 3. The molecule has 4 aromatic rings. The molecule has 1 aliphatic rings. The Morgan fingerprint density at radius 3 is 2.07 bits per heavy atom. The van der Waals surface area contributed by atoms with Gasteiger partial charge in [0, 0.05) is 23.0 Å². The molecule has 3 heteroatoms. The lowest BCUT2D eigenvalue weighted by atomic mass is 9.86. The van der Waals surface area contributed by atoms with Crippen molar-refractivity contribution in [2.45, 2.75) is 97.6 Å². The van der Waals surface area contributed by atoms with Crippen LogP contribution in [0.15, 0.2) is 78.9 Å². The van der Waals surface area contributed by atoms with Gasteiger partial charge in [-0.3, -0.25) is 4.98 Å². The second kappa shape index (κ2) is 11.7. The summed E-state index contributed by atoms with van der Waals surface area (Å²) in [6, 6.07) is 29.4. The molecule has 0 spiro atoms. The number of fused-ring (bicyclic) bond motifs is 1. The summed E-state index contributed by atoms with van der Waals surface area (Å²) in [5.41, 5.74) is 12.4. The highest BCUT2D eigenvalue weighted by molar-refractivity contribution is 5.79. The number of nitrogens with one attached hydrogen (secondary N) is 2. The Labute approximate surface area is 247 Å². The fourth-order valence-corrected chi connectivity index (χ4v) is 6.01. The molecular formula is C38H47N3. The van der Waals surface area contributed by atoms with Crippen LogP contribution >= 0.6 is 0 Å². The summed E-state index contributed by atoms with van der Waals surface area (Å²) in [5, 5.41) is 7.79. The van der Waals surface area contributed by atoms with Crippen molar-refractivity contribution in [1.82, 2.24) is 4.98 Å². The molecule has 3 nitrogen and oxygen atoms in total. The lowest BCUT2D eigenvalue weighted by Gasteiger charge is -2.28. The molecule has 214 valence electrons. The highest BCUT2D eigenvalue weighted by atomic mass is 15.0. The van der Waals surface area contributed by atoms with Gasteiger partial charge >= 0.3 is 0 Å². The van der Waals surface area contributed by atoms with Gasteiger partial charge in [0.2, 0.25) is 0 Å². The maximum Gasteiger partial charge on any atom is 0.0940 e. The molecule has 2 atom stereocenters. The molecule has 2 N–H and O–H groups in total. The summed E-state index contributed by atoms with van der Waals surface area (Å²) in [6.07, 6.45) is 2.26. The molecule has 0 radical (unpaired) electrons. The molecule has 2 heterocycles. The topological polar surface area (TPSA) is 37.0 Å². The summed E-state index contributed by atoms with van der Waals surface area (Å²) in [6.45, 7) is 18.2. The Morgan fingerprint density at radius 1 is 0.805 bits per heavy atom. The van der Waals surface area contributed by atoms with Crippen LogP contribution in [-0.4, -0.2) is 11.0 Å². The average molecular weight is 546 g/mol. The van der Waals surface area contributed by atoms with Gasteiger partial charge in [-0.2, -0.15) is 0 Å². The molecule has 41 heavy (non-hydrogen) atoms. The van der Waals surface area contributed by atoms with Crippen LogP contribution in [0.5, 0.6) is 0 Å². The molecule has 0 bridgehead atoms. The minimum atomic E-state index is -0.0900. The Kier molecular flexibility index (Phi) is 8.27. The quantitative estimate of drug-likeness (QED) is 0.242. The van der Waals surface area contributed by atoms with Gasteiger partial charge in [-0.1, -0.05) is 115 Å². The Hall–Kier alpha value is -3.59. The van der Waals surface area contributed by atoms with Gasteiger partial charge in [0.25, 0.3) is 0 Å². The van der Waals surface area contributed by atoms with E-state index >= 15 is 0 Å².